The van der Waals surface area contributed by atoms with Crippen molar-refractivity contribution in [3.8, 4) is 0 Å². The lowest BCUT2D eigenvalue weighted by Crippen LogP contribution is -2.44. The molecule has 2 rings (SSSR count). The highest BCUT2D eigenvalue weighted by Gasteiger charge is 2.34. The van der Waals surface area contributed by atoms with Gasteiger partial charge in [-0.25, -0.2) is 0 Å². The van der Waals surface area contributed by atoms with E-state index in [-0.39, 0.29) is 0 Å². The Labute approximate surface area is 99.8 Å². The fourth-order valence-electron chi connectivity index (χ4n) is 3.24. The second-order valence-corrected chi connectivity index (χ2v) is 6.58. The first kappa shape index (κ1) is 12.4. The lowest BCUT2D eigenvalue weighted by Gasteiger charge is -2.37. The van der Waals surface area contributed by atoms with Crippen LogP contribution in [0.4, 0.5) is 0 Å². The average Bonchev–Trinajstić information content (AvgIpc) is 2.98. The van der Waals surface area contributed by atoms with Crippen LogP contribution < -0.4 is 5.32 Å². The van der Waals surface area contributed by atoms with Gasteiger partial charge in [-0.2, -0.15) is 0 Å². The SMILES string of the molecule is CC1(C)CCCC(NC(CCO)C2CC2)C1. The fraction of sp³-hybridized carbons (Fsp3) is 1.00. The molecule has 0 radical (unpaired) electrons. The van der Waals surface area contributed by atoms with Crippen molar-refractivity contribution in [1.82, 2.24) is 5.32 Å². The summed E-state index contributed by atoms with van der Waals surface area (Å²) in [4.78, 5) is 0. The molecule has 2 N–H and O–H groups in total. The average molecular weight is 225 g/mol. The van der Waals surface area contributed by atoms with Crippen molar-refractivity contribution >= 4 is 0 Å². The summed E-state index contributed by atoms with van der Waals surface area (Å²) in [6.07, 6.45) is 9.06. The lowest BCUT2D eigenvalue weighted by atomic mass is 9.75. The fourth-order valence-corrected chi connectivity index (χ4v) is 3.24. The molecule has 2 aliphatic carbocycles. The summed E-state index contributed by atoms with van der Waals surface area (Å²) in [5, 5.41) is 12.9. The van der Waals surface area contributed by atoms with Gasteiger partial charge in [-0.1, -0.05) is 20.3 Å². The van der Waals surface area contributed by atoms with E-state index in [2.05, 4.69) is 19.2 Å². The molecule has 0 spiro atoms. The Morgan fingerprint density at radius 2 is 2.06 bits per heavy atom. The van der Waals surface area contributed by atoms with Crippen LogP contribution in [0.25, 0.3) is 0 Å². The molecule has 0 amide bonds. The summed E-state index contributed by atoms with van der Waals surface area (Å²) >= 11 is 0. The normalized spacial score (nSPS) is 31.3. The van der Waals surface area contributed by atoms with Gasteiger partial charge >= 0.3 is 0 Å². The zero-order valence-electron chi connectivity index (χ0n) is 10.8. The van der Waals surface area contributed by atoms with Crippen molar-refractivity contribution in [3.63, 3.8) is 0 Å². The van der Waals surface area contributed by atoms with Gasteiger partial charge in [-0.3, -0.25) is 0 Å². The molecule has 0 aliphatic heterocycles. The van der Waals surface area contributed by atoms with E-state index in [1.54, 1.807) is 0 Å². The number of aliphatic hydroxyl groups is 1. The van der Waals surface area contributed by atoms with Crippen LogP contribution in [-0.2, 0) is 0 Å². The van der Waals surface area contributed by atoms with Crippen molar-refractivity contribution in [3.05, 3.63) is 0 Å². The van der Waals surface area contributed by atoms with Crippen molar-refractivity contribution in [1.29, 1.82) is 0 Å². The minimum atomic E-state index is 0.338. The largest absolute Gasteiger partial charge is 0.396 e. The molecule has 2 aliphatic rings. The van der Waals surface area contributed by atoms with E-state index in [4.69, 9.17) is 5.11 Å². The van der Waals surface area contributed by atoms with Crippen LogP contribution in [0.2, 0.25) is 0 Å². The minimum Gasteiger partial charge on any atom is -0.396 e. The number of aliphatic hydroxyl groups excluding tert-OH is 1. The smallest absolute Gasteiger partial charge is 0.0445 e. The van der Waals surface area contributed by atoms with Gasteiger partial charge in [0.1, 0.15) is 0 Å². The topological polar surface area (TPSA) is 32.3 Å². The van der Waals surface area contributed by atoms with Crippen LogP contribution in [0, 0.1) is 11.3 Å². The molecule has 0 heterocycles. The first-order chi connectivity index (χ1) is 7.61. The van der Waals surface area contributed by atoms with Crippen LogP contribution in [0.3, 0.4) is 0 Å². The van der Waals surface area contributed by atoms with E-state index in [1.807, 2.05) is 0 Å². The van der Waals surface area contributed by atoms with Gasteiger partial charge in [-0.15, -0.1) is 0 Å². The van der Waals surface area contributed by atoms with Gasteiger partial charge < -0.3 is 10.4 Å². The number of hydrogen-bond donors (Lipinski definition) is 2. The zero-order chi connectivity index (χ0) is 11.6. The molecular formula is C14H27NO. The van der Waals surface area contributed by atoms with Gasteiger partial charge in [0.2, 0.25) is 0 Å². The van der Waals surface area contributed by atoms with Crippen LogP contribution in [0.1, 0.15) is 58.8 Å². The molecular weight excluding hydrogens is 198 g/mol. The van der Waals surface area contributed by atoms with E-state index in [0.717, 1.165) is 12.3 Å². The van der Waals surface area contributed by atoms with Crippen molar-refractivity contribution < 1.29 is 5.11 Å². The van der Waals surface area contributed by atoms with Gasteiger partial charge in [-0.05, 0) is 49.9 Å². The third-order valence-electron chi connectivity index (χ3n) is 4.29. The second-order valence-electron chi connectivity index (χ2n) is 6.58. The molecule has 16 heavy (non-hydrogen) atoms. The Bertz CT molecular complexity index is 223. The van der Waals surface area contributed by atoms with Gasteiger partial charge in [0, 0.05) is 18.7 Å². The van der Waals surface area contributed by atoms with Crippen LogP contribution in [0.5, 0.6) is 0 Å². The first-order valence-corrected chi connectivity index (χ1v) is 6.98. The van der Waals surface area contributed by atoms with Crippen molar-refractivity contribution in [2.24, 2.45) is 11.3 Å². The third kappa shape index (κ3) is 3.46. The van der Waals surface area contributed by atoms with Crippen molar-refractivity contribution in [2.45, 2.75) is 70.9 Å². The van der Waals surface area contributed by atoms with E-state index in [0.29, 0.717) is 24.1 Å². The highest BCUT2D eigenvalue weighted by molar-refractivity contribution is 4.91. The monoisotopic (exact) mass is 225 g/mol. The molecule has 2 unspecified atom stereocenters. The molecule has 2 fully saturated rings. The Balaban J connectivity index is 1.82. The maximum Gasteiger partial charge on any atom is 0.0445 e. The van der Waals surface area contributed by atoms with Gasteiger partial charge in [0.15, 0.2) is 0 Å². The minimum absolute atomic E-state index is 0.338. The summed E-state index contributed by atoms with van der Waals surface area (Å²) in [6.45, 7) is 5.11. The molecule has 2 nitrogen and oxygen atoms in total. The maximum atomic E-state index is 9.11. The van der Waals surface area contributed by atoms with E-state index < -0.39 is 0 Å². The summed E-state index contributed by atoms with van der Waals surface area (Å²) in [7, 11) is 0. The van der Waals surface area contributed by atoms with Gasteiger partial charge in [0.05, 0.1) is 0 Å². The second kappa shape index (κ2) is 5.05. The Morgan fingerprint density at radius 3 is 2.62 bits per heavy atom. The first-order valence-electron chi connectivity index (χ1n) is 6.98. The van der Waals surface area contributed by atoms with Crippen molar-refractivity contribution in [2.75, 3.05) is 6.61 Å². The highest BCUT2D eigenvalue weighted by Crippen LogP contribution is 2.38. The zero-order valence-corrected chi connectivity index (χ0v) is 10.8. The summed E-state index contributed by atoms with van der Waals surface area (Å²) < 4.78 is 0. The van der Waals surface area contributed by atoms with Crippen LogP contribution in [-0.4, -0.2) is 23.8 Å². The summed E-state index contributed by atoms with van der Waals surface area (Å²) in [5.74, 6) is 0.859. The van der Waals surface area contributed by atoms with E-state index in [1.165, 1.54) is 38.5 Å². The highest BCUT2D eigenvalue weighted by atomic mass is 16.3. The number of nitrogens with one attached hydrogen (secondary N) is 1. The molecule has 2 atom stereocenters. The molecule has 0 bridgehead atoms. The molecule has 94 valence electrons. The van der Waals surface area contributed by atoms with E-state index >= 15 is 0 Å². The predicted octanol–water partition coefficient (Wildman–Crippen LogP) is 2.71. The van der Waals surface area contributed by atoms with Gasteiger partial charge in [0.25, 0.3) is 0 Å². The quantitative estimate of drug-likeness (QED) is 0.754. The molecule has 0 saturated heterocycles. The maximum absolute atomic E-state index is 9.11. The molecule has 2 saturated carbocycles. The summed E-state index contributed by atoms with van der Waals surface area (Å²) in [5.41, 5.74) is 0.517. The Kier molecular flexibility index (Phi) is 3.91. The molecule has 2 heteroatoms. The Hall–Kier alpha value is -0.0800. The van der Waals surface area contributed by atoms with Crippen LogP contribution in [0.15, 0.2) is 0 Å². The number of hydrogen-bond acceptors (Lipinski definition) is 2. The Morgan fingerprint density at radius 1 is 1.31 bits per heavy atom. The van der Waals surface area contributed by atoms with Crippen LogP contribution >= 0.6 is 0 Å². The molecule has 0 aromatic rings. The molecule has 0 aromatic heterocycles. The summed E-state index contributed by atoms with van der Waals surface area (Å²) in [6, 6.07) is 1.28. The standard InChI is InChI=1S/C14H27NO/c1-14(2)8-3-4-12(10-14)15-13(7-9-16)11-5-6-11/h11-13,15-16H,3-10H2,1-2H3. The van der Waals surface area contributed by atoms with E-state index in [9.17, 15) is 0 Å². The molecule has 0 aromatic carbocycles. The third-order valence-corrected chi connectivity index (χ3v) is 4.29. The lowest BCUT2D eigenvalue weighted by molar-refractivity contribution is 0.174. The predicted molar refractivity (Wildman–Crippen MR) is 67.4 cm³/mol. The number of rotatable bonds is 5.